The highest BCUT2D eigenvalue weighted by molar-refractivity contribution is 5.96. The molecule has 2 unspecified atom stereocenters. The maximum Gasteiger partial charge on any atom is 0.358 e. The van der Waals surface area contributed by atoms with Crippen LogP contribution < -0.4 is 15.5 Å². The Morgan fingerprint density at radius 3 is 1.74 bits per heavy atom. The lowest BCUT2D eigenvalue weighted by Gasteiger charge is -2.27. The van der Waals surface area contributed by atoms with Gasteiger partial charge >= 0.3 is 5.97 Å². The summed E-state index contributed by atoms with van der Waals surface area (Å²) in [5.74, 6) is 2.96. The van der Waals surface area contributed by atoms with E-state index in [9.17, 15) is 19.8 Å². The molecule has 2 atom stereocenters. The number of fused-ring (bicyclic) bond motifs is 4. The number of rotatable bonds is 12. The molecule has 0 amide bonds. The molecule has 2 aliphatic carbocycles. The van der Waals surface area contributed by atoms with Crippen molar-refractivity contribution in [2.45, 2.75) is 115 Å². The van der Waals surface area contributed by atoms with Crippen LogP contribution in [0.15, 0.2) is 46.2 Å². The third-order valence-corrected chi connectivity index (χ3v) is 12.6. The number of aliphatic hydroxyl groups excluding tert-OH is 2. The molecule has 6 aromatic rings. The van der Waals surface area contributed by atoms with Gasteiger partial charge in [0.15, 0.2) is 17.2 Å². The fourth-order valence-electron chi connectivity index (χ4n) is 9.30. The number of aliphatic hydroxyl groups is 2. The van der Waals surface area contributed by atoms with Gasteiger partial charge in [0.1, 0.15) is 47.1 Å². The predicted molar refractivity (Wildman–Crippen MR) is 225 cm³/mol. The van der Waals surface area contributed by atoms with Crippen LogP contribution in [0.3, 0.4) is 0 Å². The maximum atomic E-state index is 12.8. The summed E-state index contributed by atoms with van der Waals surface area (Å²) in [5, 5.41) is 38.6. The first-order valence-corrected chi connectivity index (χ1v) is 21.6. The van der Waals surface area contributed by atoms with Crippen molar-refractivity contribution >= 4 is 45.5 Å². The van der Waals surface area contributed by atoms with Crippen LogP contribution in [-0.4, -0.2) is 99.1 Å². The number of aromatic carboxylic acids is 1. The van der Waals surface area contributed by atoms with Crippen LogP contribution in [0.5, 0.6) is 0 Å². The summed E-state index contributed by atoms with van der Waals surface area (Å²) in [7, 11) is 0. The van der Waals surface area contributed by atoms with Crippen LogP contribution in [0.1, 0.15) is 121 Å². The molecule has 0 bridgehead atoms. The summed E-state index contributed by atoms with van der Waals surface area (Å²) in [6, 6.07) is 3.88. The van der Waals surface area contributed by atoms with E-state index in [2.05, 4.69) is 45.1 Å². The van der Waals surface area contributed by atoms with Gasteiger partial charge < -0.3 is 49.9 Å². The Morgan fingerprint density at radius 1 is 0.738 bits per heavy atom. The first kappa shape index (κ1) is 42.0. The molecule has 8 heterocycles. The third-order valence-electron chi connectivity index (χ3n) is 12.6. The van der Waals surface area contributed by atoms with Gasteiger partial charge in [-0.15, -0.1) is 0 Å². The lowest BCUT2D eigenvalue weighted by atomic mass is 9.95. The van der Waals surface area contributed by atoms with E-state index in [1.807, 2.05) is 23.2 Å². The van der Waals surface area contributed by atoms with Gasteiger partial charge in [0, 0.05) is 55.9 Å². The third kappa shape index (κ3) is 9.45. The van der Waals surface area contributed by atoms with E-state index in [4.69, 9.17) is 19.9 Å². The first-order chi connectivity index (χ1) is 29.8. The summed E-state index contributed by atoms with van der Waals surface area (Å²) < 4.78 is 10.6. The molecule has 2 aliphatic heterocycles. The Balaban J connectivity index is 0.000000143. The normalized spacial score (nSPS) is 17.7. The van der Waals surface area contributed by atoms with Gasteiger partial charge in [-0.25, -0.2) is 24.7 Å². The van der Waals surface area contributed by atoms with E-state index in [1.54, 1.807) is 12.5 Å². The van der Waals surface area contributed by atoms with Crippen molar-refractivity contribution in [3.05, 3.63) is 71.2 Å². The molecule has 2 fully saturated rings. The van der Waals surface area contributed by atoms with Crippen molar-refractivity contribution in [1.82, 2.24) is 40.2 Å². The minimum atomic E-state index is -1.07. The van der Waals surface area contributed by atoms with Crippen molar-refractivity contribution in [2.24, 2.45) is 17.6 Å². The van der Waals surface area contributed by atoms with Gasteiger partial charge in [-0.1, -0.05) is 36.0 Å². The van der Waals surface area contributed by atoms with E-state index in [-0.39, 0.29) is 23.7 Å². The van der Waals surface area contributed by atoms with Gasteiger partial charge in [0.05, 0.1) is 36.1 Å². The van der Waals surface area contributed by atoms with E-state index >= 15 is 0 Å². The molecule has 4 aliphatic rings. The summed E-state index contributed by atoms with van der Waals surface area (Å²) in [6.45, 7) is 3.02. The number of hydrogen-bond acceptors (Lipinski definition) is 15. The number of aromatic nitrogens is 8. The molecule has 0 aromatic carbocycles. The molecule has 18 heteroatoms. The monoisotopic (exact) mass is 837 g/mol. The highest BCUT2D eigenvalue weighted by atomic mass is 16.5. The quantitative estimate of drug-likeness (QED) is 0.0831. The standard InChI is InChI=1S/C22H27N5O3.C13H11N5O3.C8H17NO/c28-17(14-4-1-2-5-14)6-3-7-18(29)20-16-12-27(11-9-19(16)30-26-20)22-15-8-10-23-21(15)24-13-25-22;19-13(20)10-8-5-18(4-2-9(8)21-17-10)12-7-1-3-14-11(7)15-6-16-12;9-6-5-8(10)7-3-1-2-4-7/h8,10,13-14,17,28H,1-7,9,11-12H2,(H,23,24,25);1,3,6H,2,4-5H2,(H,19,20)(H,14,15,16);7-8,10H,1-6,9H2. The van der Waals surface area contributed by atoms with Crippen molar-refractivity contribution in [1.29, 1.82) is 0 Å². The lowest BCUT2D eigenvalue weighted by molar-refractivity contribution is 0.0684. The number of nitrogens with two attached hydrogens (primary N) is 1. The summed E-state index contributed by atoms with van der Waals surface area (Å²) in [5.41, 5.74) is 8.80. The number of carboxylic acid groups (broad SMARTS) is 1. The minimum absolute atomic E-state index is 0.00468. The Bertz CT molecular complexity index is 2390. The topological polar surface area (TPSA) is 263 Å². The molecule has 6 aromatic heterocycles. The number of nitrogens with one attached hydrogen (secondary N) is 2. The predicted octanol–water partition coefficient (Wildman–Crippen LogP) is 5.51. The number of anilines is 2. The molecule has 0 radical (unpaired) electrons. The van der Waals surface area contributed by atoms with Gasteiger partial charge in [0.25, 0.3) is 0 Å². The lowest BCUT2D eigenvalue weighted by Crippen LogP contribution is -2.31. The Hall–Kier alpha value is -5.72. The molecule has 324 valence electrons. The molecule has 0 spiro atoms. The summed E-state index contributed by atoms with van der Waals surface area (Å²) in [6.07, 6.45) is 19.8. The number of carbonyl (C=O) groups excluding carboxylic acids is 1. The molecular weight excluding hydrogens is 783 g/mol. The zero-order chi connectivity index (χ0) is 42.3. The average Bonchev–Trinajstić information content (AvgIpc) is 4.14. The number of ketones is 1. The van der Waals surface area contributed by atoms with E-state index in [0.29, 0.717) is 87.1 Å². The summed E-state index contributed by atoms with van der Waals surface area (Å²) >= 11 is 0. The molecule has 10 rings (SSSR count). The molecular formula is C43H55N11O7. The van der Waals surface area contributed by atoms with Crippen molar-refractivity contribution < 1.29 is 34.0 Å². The highest BCUT2D eigenvalue weighted by Gasteiger charge is 2.31. The Morgan fingerprint density at radius 2 is 1.23 bits per heavy atom. The van der Waals surface area contributed by atoms with Crippen LogP contribution in [0.2, 0.25) is 0 Å². The van der Waals surface area contributed by atoms with E-state index < -0.39 is 5.97 Å². The number of carbonyl (C=O) groups is 2. The number of Topliss-reactive ketones (excluding diaryl/α,β-unsaturated/α-hetero) is 1. The minimum Gasteiger partial charge on any atom is -0.476 e. The van der Waals surface area contributed by atoms with Gasteiger partial charge in [0.2, 0.25) is 0 Å². The molecule has 7 N–H and O–H groups in total. The van der Waals surface area contributed by atoms with E-state index in [0.717, 1.165) is 70.8 Å². The highest BCUT2D eigenvalue weighted by Crippen LogP contribution is 2.33. The number of H-pyrrole nitrogens is 2. The second-order valence-electron chi connectivity index (χ2n) is 16.5. The Labute approximate surface area is 352 Å². The van der Waals surface area contributed by atoms with Gasteiger partial charge in [-0.05, 0) is 75.5 Å². The number of nitrogens with zero attached hydrogens (tertiary/aromatic N) is 8. The molecule has 2 saturated carbocycles. The smallest absolute Gasteiger partial charge is 0.358 e. The number of carboxylic acids is 1. The largest absolute Gasteiger partial charge is 0.476 e. The fraction of sp³-hybridized carbons (Fsp3) is 0.535. The number of hydrogen-bond donors (Lipinski definition) is 6. The van der Waals surface area contributed by atoms with E-state index in [1.165, 1.54) is 44.9 Å². The van der Waals surface area contributed by atoms with Crippen LogP contribution in [0.4, 0.5) is 11.6 Å². The number of aromatic amines is 2. The molecule has 61 heavy (non-hydrogen) atoms. The summed E-state index contributed by atoms with van der Waals surface area (Å²) in [4.78, 5) is 51.6. The Kier molecular flexibility index (Phi) is 13.3. The van der Waals surface area contributed by atoms with Crippen LogP contribution in [0, 0.1) is 11.8 Å². The van der Waals surface area contributed by atoms with Crippen LogP contribution in [-0.2, 0) is 25.9 Å². The van der Waals surface area contributed by atoms with Crippen LogP contribution >= 0.6 is 0 Å². The first-order valence-electron chi connectivity index (χ1n) is 21.6. The second kappa shape index (κ2) is 19.3. The fourth-order valence-corrected chi connectivity index (χ4v) is 9.30. The van der Waals surface area contributed by atoms with Crippen molar-refractivity contribution in [3.63, 3.8) is 0 Å². The molecule has 0 saturated heterocycles. The zero-order valence-electron chi connectivity index (χ0n) is 34.3. The van der Waals surface area contributed by atoms with Crippen molar-refractivity contribution in [2.75, 3.05) is 29.4 Å². The van der Waals surface area contributed by atoms with Crippen LogP contribution in [0.25, 0.3) is 22.1 Å². The second-order valence-corrected chi connectivity index (χ2v) is 16.5. The van der Waals surface area contributed by atoms with Gasteiger partial charge in [-0.2, -0.15) is 0 Å². The van der Waals surface area contributed by atoms with Crippen molar-refractivity contribution in [3.8, 4) is 0 Å². The van der Waals surface area contributed by atoms with Gasteiger partial charge in [-0.3, -0.25) is 4.79 Å². The molecule has 18 nitrogen and oxygen atoms in total. The average molecular weight is 838 g/mol. The zero-order valence-corrected chi connectivity index (χ0v) is 34.3. The maximum absolute atomic E-state index is 12.8. The SMILES string of the molecule is NCCC(O)C1CCCC1.O=C(CCCC(O)C1CCCC1)c1noc2c1CN(c1ncnc3[nH]ccc13)CC2.O=C(O)c1noc2c1CN(c1ncnc3[nH]ccc13)CC2.